The van der Waals surface area contributed by atoms with Gasteiger partial charge >= 0.3 is 0 Å². The number of rotatable bonds is 5. The van der Waals surface area contributed by atoms with Crippen molar-refractivity contribution in [3.8, 4) is 11.5 Å². The van der Waals surface area contributed by atoms with Crippen LogP contribution in [0.4, 0.5) is 15.2 Å². The first kappa shape index (κ1) is 19.1. The van der Waals surface area contributed by atoms with Gasteiger partial charge in [0.25, 0.3) is 10.0 Å². The van der Waals surface area contributed by atoms with Gasteiger partial charge in [0.1, 0.15) is 23.0 Å². The van der Waals surface area contributed by atoms with E-state index in [2.05, 4.69) is 9.97 Å². The molecule has 0 aliphatic carbocycles. The number of hydrogen-bond acceptors (Lipinski definition) is 7. The average molecular weight is 431 g/mol. The van der Waals surface area contributed by atoms with E-state index in [9.17, 15) is 17.9 Å². The van der Waals surface area contributed by atoms with Crippen molar-refractivity contribution in [3.63, 3.8) is 0 Å². The molecular weight excluding hydrogens is 417 g/mol. The third-order valence-electron chi connectivity index (χ3n) is 4.20. The van der Waals surface area contributed by atoms with Gasteiger partial charge in [-0.25, -0.2) is 22.1 Å². The number of hydrogen-bond donors (Lipinski definition) is 1. The number of methoxy groups -OCH3 is 1. The summed E-state index contributed by atoms with van der Waals surface area (Å²) in [7, 11) is -2.86. The number of pyridine rings is 1. The van der Waals surface area contributed by atoms with Crippen LogP contribution in [0.3, 0.4) is 0 Å². The number of halogens is 1. The number of ether oxygens (including phenoxy) is 1. The first-order valence-electron chi connectivity index (χ1n) is 8.27. The molecule has 7 nitrogen and oxygen atoms in total. The van der Waals surface area contributed by atoms with Crippen molar-refractivity contribution in [3.05, 3.63) is 66.2 Å². The minimum Gasteiger partial charge on any atom is -0.506 e. The largest absolute Gasteiger partial charge is 0.506 e. The summed E-state index contributed by atoms with van der Waals surface area (Å²) in [6.45, 7) is 0. The van der Waals surface area contributed by atoms with E-state index in [1.165, 1.54) is 43.9 Å². The van der Waals surface area contributed by atoms with Crippen LogP contribution in [0.5, 0.6) is 11.5 Å². The predicted octanol–water partition coefficient (Wildman–Crippen LogP) is 4.07. The zero-order valence-electron chi connectivity index (χ0n) is 15.0. The second kappa shape index (κ2) is 7.30. The van der Waals surface area contributed by atoms with Gasteiger partial charge in [0.15, 0.2) is 0 Å². The highest BCUT2D eigenvalue weighted by Gasteiger charge is 2.31. The molecule has 0 amide bonds. The first-order valence-corrected chi connectivity index (χ1v) is 10.6. The van der Waals surface area contributed by atoms with Crippen molar-refractivity contribution >= 4 is 43.0 Å². The van der Waals surface area contributed by atoms with Gasteiger partial charge < -0.3 is 9.84 Å². The van der Waals surface area contributed by atoms with Crippen molar-refractivity contribution in [2.75, 3.05) is 11.4 Å². The van der Waals surface area contributed by atoms with Crippen LogP contribution in [0.1, 0.15) is 0 Å². The number of fused-ring (bicyclic) bond motifs is 1. The molecule has 0 fully saturated rings. The van der Waals surface area contributed by atoms with Crippen LogP contribution >= 0.6 is 11.3 Å². The van der Waals surface area contributed by atoms with Crippen molar-refractivity contribution in [2.45, 2.75) is 4.90 Å². The van der Waals surface area contributed by atoms with Crippen LogP contribution in [0.25, 0.3) is 10.8 Å². The molecule has 0 saturated carbocycles. The Bertz CT molecular complexity index is 1290. The summed E-state index contributed by atoms with van der Waals surface area (Å²) in [4.78, 5) is 7.93. The molecule has 1 N–H and O–H groups in total. The standard InChI is InChI=1S/C19H14FN3O4S2/c1-27-18-8-13(20)3-5-16(18)23(19-22-6-7-28-19)29(25,26)14-4-2-12-10-21-11-17(24)15(12)9-14/h2-11,24H,1H3. The zero-order chi connectivity index (χ0) is 20.6. The van der Waals surface area contributed by atoms with Crippen LogP contribution in [0.2, 0.25) is 0 Å². The van der Waals surface area contributed by atoms with Gasteiger partial charge in [0.05, 0.1) is 18.2 Å². The molecule has 2 aromatic carbocycles. The molecule has 2 aromatic heterocycles. The summed E-state index contributed by atoms with van der Waals surface area (Å²) >= 11 is 1.10. The number of benzene rings is 2. The summed E-state index contributed by atoms with van der Waals surface area (Å²) in [6, 6.07) is 7.88. The second-order valence-electron chi connectivity index (χ2n) is 5.94. The molecule has 4 rings (SSSR count). The van der Waals surface area contributed by atoms with E-state index >= 15 is 0 Å². The van der Waals surface area contributed by atoms with Crippen molar-refractivity contribution < 1.29 is 22.7 Å². The molecule has 0 saturated heterocycles. The average Bonchev–Trinajstić information content (AvgIpc) is 3.23. The number of anilines is 2. The van der Waals surface area contributed by atoms with E-state index in [1.807, 2.05) is 0 Å². The second-order valence-corrected chi connectivity index (χ2v) is 8.60. The molecule has 0 aliphatic rings. The molecule has 0 atom stereocenters. The molecule has 2 heterocycles. The Labute approximate surface area is 169 Å². The maximum Gasteiger partial charge on any atom is 0.270 e. The van der Waals surface area contributed by atoms with Gasteiger partial charge in [0.2, 0.25) is 5.13 Å². The predicted molar refractivity (Wildman–Crippen MR) is 108 cm³/mol. The van der Waals surface area contributed by atoms with Gasteiger partial charge in [-0.15, -0.1) is 11.3 Å². The fourth-order valence-electron chi connectivity index (χ4n) is 2.86. The van der Waals surface area contributed by atoms with Crippen LogP contribution in [-0.4, -0.2) is 30.6 Å². The van der Waals surface area contributed by atoms with Crippen LogP contribution < -0.4 is 9.04 Å². The summed E-state index contributed by atoms with van der Waals surface area (Å²) in [5.74, 6) is -0.665. The highest BCUT2D eigenvalue weighted by Crippen LogP contribution is 2.40. The summed E-state index contributed by atoms with van der Waals surface area (Å²) < 4.78 is 47.1. The summed E-state index contributed by atoms with van der Waals surface area (Å²) in [5.41, 5.74) is 0.114. The lowest BCUT2D eigenvalue weighted by Crippen LogP contribution is -2.26. The lowest BCUT2D eigenvalue weighted by atomic mass is 10.2. The normalized spacial score (nSPS) is 11.5. The van der Waals surface area contributed by atoms with Crippen molar-refractivity contribution in [1.82, 2.24) is 9.97 Å². The Morgan fingerprint density at radius 3 is 2.72 bits per heavy atom. The van der Waals surface area contributed by atoms with E-state index in [4.69, 9.17) is 4.74 Å². The fraction of sp³-hybridized carbons (Fsp3) is 0.0526. The molecule has 148 valence electrons. The third-order valence-corrected chi connectivity index (χ3v) is 6.78. The molecule has 10 heteroatoms. The molecule has 0 unspecified atom stereocenters. The lowest BCUT2D eigenvalue weighted by molar-refractivity contribution is 0.412. The minimum atomic E-state index is -4.18. The van der Waals surface area contributed by atoms with Gasteiger partial charge in [-0.3, -0.25) is 4.98 Å². The highest BCUT2D eigenvalue weighted by molar-refractivity contribution is 7.93. The molecule has 4 aromatic rings. The SMILES string of the molecule is COc1cc(F)ccc1N(c1nccs1)S(=O)(=O)c1ccc2cncc(O)c2c1. The maximum atomic E-state index is 13.7. The lowest BCUT2D eigenvalue weighted by Gasteiger charge is -2.23. The molecule has 0 bridgehead atoms. The first-order chi connectivity index (χ1) is 13.9. The monoisotopic (exact) mass is 431 g/mol. The Balaban J connectivity index is 1.95. The van der Waals surface area contributed by atoms with Crippen LogP contribution in [-0.2, 0) is 10.0 Å². The quantitative estimate of drug-likeness (QED) is 0.512. The van der Waals surface area contributed by atoms with E-state index in [0.717, 1.165) is 27.8 Å². The van der Waals surface area contributed by atoms with Crippen molar-refractivity contribution in [1.29, 1.82) is 0 Å². The molecule has 0 spiro atoms. The topological polar surface area (TPSA) is 92.6 Å². The van der Waals surface area contributed by atoms with Gasteiger partial charge in [0, 0.05) is 34.6 Å². The number of nitrogens with zero attached hydrogens (tertiary/aromatic N) is 3. The van der Waals surface area contributed by atoms with E-state index in [1.54, 1.807) is 11.4 Å². The highest BCUT2D eigenvalue weighted by atomic mass is 32.2. The Morgan fingerprint density at radius 1 is 1.17 bits per heavy atom. The van der Waals surface area contributed by atoms with E-state index in [-0.39, 0.29) is 27.2 Å². The van der Waals surface area contributed by atoms with Gasteiger partial charge in [-0.05, 0) is 24.3 Å². The van der Waals surface area contributed by atoms with E-state index in [0.29, 0.717) is 10.8 Å². The molecule has 29 heavy (non-hydrogen) atoms. The van der Waals surface area contributed by atoms with Crippen molar-refractivity contribution in [2.24, 2.45) is 0 Å². The maximum absolute atomic E-state index is 13.7. The number of thiazole rings is 1. The number of sulfonamides is 1. The Hall–Kier alpha value is -3.24. The fourth-order valence-corrected chi connectivity index (χ4v) is 5.23. The zero-order valence-corrected chi connectivity index (χ0v) is 16.6. The molecular formula is C19H14FN3O4S2. The van der Waals surface area contributed by atoms with Gasteiger partial charge in [-0.1, -0.05) is 6.07 Å². The number of aromatic nitrogens is 2. The third kappa shape index (κ3) is 3.36. The van der Waals surface area contributed by atoms with E-state index < -0.39 is 15.8 Å². The molecule has 0 aliphatic heterocycles. The van der Waals surface area contributed by atoms with Gasteiger partial charge in [-0.2, -0.15) is 0 Å². The number of aromatic hydroxyl groups is 1. The smallest absolute Gasteiger partial charge is 0.270 e. The van der Waals surface area contributed by atoms with Crippen LogP contribution in [0.15, 0.2) is 65.3 Å². The van der Waals surface area contributed by atoms with Crippen LogP contribution in [0, 0.1) is 5.82 Å². The Kier molecular flexibility index (Phi) is 4.81. The minimum absolute atomic E-state index is 0.0385. The Morgan fingerprint density at radius 2 is 2.00 bits per heavy atom. The summed E-state index contributed by atoms with van der Waals surface area (Å²) in [5, 5.41) is 12.8. The molecule has 0 radical (unpaired) electrons. The summed E-state index contributed by atoms with van der Waals surface area (Å²) in [6.07, 6.45) is 4.23.